The van der Waals surface area contributed by atoms with Gasteiger partial charge >= 0.3 is 5.97 Å². The number of carboxylic acid groups (broad SMARTS) is 1. The Labute approximate surface area is 70.2 Å². The second-order valence-corrected chi connectivity index (χ2v) is 2.49. The normalized spacial score (nSPS) is 11.8. The summed E-state index contributed by atoms with van der Waals surface area (Å²) in [6.45, 7) is 5.07. The van der Waals surface area contributed by atoms with Crippen LogP contribution in [0.5, 0.6) is 0 Å². The molecule has 0 aromatic rings. The third kappa shape index (κ3) is 4.32. The molecule has 0 bridgehead atoms. The first-order valence-electron chi connectivity index (χ1n) is 3.36. The molecule has 0 aromatic carbocycles. The van der Waals surface area contributed by atoms with Gasteiger partial charge in [-0.15, -0.1) is 0 Å². The Morgan fingerprint density at radius 2 is 2.17 bits per heavy atom. The number of primary amides is 1. The molecule has 1 atom stereocenters. The molecule has 1 unspecified atom stereocenters. The highest BCUT2D eigenvalue weighted by Crippen LogP contribution is 1.94. The highest BCUT2D eigenvalue weighted by Gasteiger charge is 2.18. The Morgan fingerprint density at radius 3 is 2.42 bits per heavy atom. The molecule has 0 rings (SSSR count). The fraction of sp³-hybridized carbons (Fsp3) is 0.429. The molecule has 4 N–H and O–H groups in total. The van der Waals surface area contributed by atoms with Gasteiger partial charge in [0.15, 0.2) is 0 Å². The zero-order valence-corrected chi connectivity index (χ0v) is 6.83. The number of nitrogens with one attached hydrogen (secondary N) is 1. The molecule has 5 nitrogen and oxygen atoms in total. The molecule has 5 heteroatoms. The SMILES string of the molecule is C=C(C)NC(CC(N)=O)C(=O)O. The second-order valence-electron chi connectivity index (χ2n) is 2.49. The van der Waals surface area contributed by atoms with Crippen molar-refractivity contribution in [3.05, 3.63) is 12.3 Å². The van der Waals surface area contributed by atoms with Crippen molar-refractivity contribution in [1.29, 1.82) is 0 Å². The topological polar surface area (TPSA) is 92.4 Å². The smallest absolute Gasteiger partial charge is 0.326 e. The molecule has 1 amide bonds. The first-order chi connectivity index (χ1) is 5.43. The summed E-state index contributed by atoms with van der Waals surface area (Å²) in [6.07, 6.45) is -0.234. The van der Waals surface area contributed by atoms with Crippen molar-refractivity contribution in [2.75, 3.05) is 0 Å². The molecule has 0 radical (unpaired) electrons. The minimum atomic E-state index is -1.11. The quantitative estimate of drug-likeness (QED) is 0.518. The largest absolute Gasteiger partial charge is 0.480 e. The zero-order chi connectivity index (χ0) is 9.72. The van der Waals surface area contributed by atoms with Gasteiger partial charge in [0.25, 0.3) is 0 Å². The van der Waals surface area contributed by atoms with Crippen molar-refractivity contribution in [3.8, 4) is 0 Å². The van der Waals surface area contributed by atoms with Gasteiger partial charge in [0, 0.05) is 5.70 Å². The van der Waals surface area contributed by atoms with Gasteiger partial charge in [-0.2, -0.15) is 0 Å². The van der Waals surface area contributed by atoms with Crippen LogP contribution < -0.4 is 11.1 Å². The third-order valence-electron chi connectivity index (χ3n) is 1.12. The summed E-state index contributed by atoms with van der Waals surface area (Å²) in [5.41, 5.74) is 5.32. The van der Waals surface area contributed by atoms with Crippen LogP contribution in [-0.4, -0.2) is 23.0 Å². The van der Waals surface area contributed by atoms with Crippen molar-refractivity contribution in [2.45, 2.75) is 19.4 Å². The number of nitrogens with two attached hydrogens (primary N) is 1. The fourth-order valence-electron chi connectivity index (χ4n) is 0.699. The molecule has 12 heavy (non-hydrogen) atoms. The molecule has 68 valence electrons. The maximum absolute atomic E-state index is 10.5. The number of rotatable bonds is 5. The van der Waals surface area contributed by atoms with Crippen LogP contribution in [0.25, 0.3) is 0 Å². The second kappa shape index (κ2) is 4.38. The third-order valence-corrected chi connectivity index (χ3v) is 1.12. The van der Waals surface area contributed by atoms with E-state index in [-0.39, 0.29) is 6.42 Å². The van der Waals surface area contributed by atoms with Crippen LogP contribution in [-0.2, 0) is 9.59 Å². The Balaban J connectivity index is 4.14. The van der Waals surface area contributed by atoms with Gasteiger partial charge < -0.3 is 16.2 Å². The Bertz CT molecular complexity index is 197. The summed E-state index contributed by atoms with van der Waals surface area (Å²) in [7, 11) is 0. The van der Waals surface area contributed by atoms with E-state index in [1.807, 2.05) is 0 Å². The molecule has 0 saturated heterocycles. The van der Waals surface area contributed by atoms with Gasteiger partial charge in [-0.05, 0) is 6.92 Å². The van der Waals surface area contributed by atoms with Crippen LogP contribution in [0.2, 0.25) is 0 Å². The number of carbonyl (C=O) groups is 2. The van der Waals surface area contributed by atoms with Gasteiger partial charge in [0.05, 0.1) is 6.42 Å². The fourth-order valence-corrected chi connectivity index (χ4v) is 0.699. The molecule has 0 spiro atoms. The highest BCUT2D eigenvalue weighted by molar-refractivity contribution is 5.83. The first-order valence-corrected chi connectivity index (χ1v) is 3.36. The minimum Gasteiger partial charge on any atom is -0.480 e. The van der Waals surface area contributed by atoms with Crippen LogP contribution in [0.15, 0.2) is 12.3 Å². The van der Waals surface area contributed by atoms with E-state index >= 15 is 0 Å². The zero-order valence-electron chi connectivity index (χ0n) is 6.83. The summed E-state index contributed by atoms with van der Waals surface area (Å²) in [6, 6.07) is -0.972. The van der Waals surface area contributed by atoms with E-state index < -0.39 is 17.9 Å². The van der Waals surface area contributed by atoms with E-state index in [4.69, 9.17) is 10.8 Å². The van der Waals surface area contributed by atoms with Crippen LogP contribution in [0, 0.1) is 0 Å². The van der Waals surface area contributed by atoms with Crippen molar-refractivity contribution >= 4 is 11.9 Å². The number of hydrogen-bond donors (Lipinski definition) is 3. The number of aliphatic carboxylic acids is 1. The maximum atomic E-state index is 10.5. The molecule has 0 heterocycles. The van der Waals surface area contributed by atoms with Gasteiger partial charge in [-0.3, -0.25) is 4.79 Å². The number of amides is 1. The van der Waals surface area contributed by atoms with Gasteiger partial charge in [0.1, 0.15) is 6.04 Å². The predicted molar refractivity (Wildman–Crippen MR) is 43.2 cm³/mol. The summed E-state index contributed by atoms with van der Waals surface area (Å²) in [4.78, 5) is 20.8. The lowest BCUT2D eigenvalue weighted by Crippen LogP contribution is -2.38. The number of carbonyl (C=O) groups excluding carboxylic acids is 1. The summed E-state index contributed by atoms with van der Waals surface area (Å²) < 4.78 is 0. The lowest BCUT2D eigenvalue weighted by molar-refractivity contribution is -0.141. The average molecular weight is 172 g/mol. The number of carboxylic acids is 1. The van der Waals surface area contributed by atoms with E-state index in [9.17, 15) is 9.59 Å². The van der Waals surface area contributed by atoms with E-state index in [2.05, 4.69) is 11.9 Å². The maximum Gasteiger partial charge on any atom is 0.326 e. The average Bonchev–Trinajstić information content (AvgIpc) is 1.83. The number of hydrogen-bond acceptors (Lipinski definition) is 3. The van der Waals surface area contributed by atoms with Crippen molar-refractivity contribution < 1.29 is 14.7 Å². The predicted octanol–water partition coefficient (Wildman–Crippen LogP) is -0.562. The Kier molecular flexibility index (Phi) is 3.82. The van der Waals surface area contributed by atoms with Crippen LogP contribution in [0.3, 0.4) is 0 Å². The van der Waals surface area contributed by atoms with Crippen molar-refractivity contribution in [3.63, 3.8) is 0 Å². The number of allylic oxidation sites excluding steroid dienone is 1. The van der Waals surface area contributed by atoms with Crippen molar-refractivity contribution in [1.82, 2.24) is 5.32 Å². The van der Waals surface area contributed by atoms with Crippen LogP contribution in [0.4, 0.5) is 0 Å². The van der Waals surface area contributed by atoms with Gasteiger partial charge in [-0.25, -0.2) is 4.79 Å². The van der Waals surface area contributed by atoms with Gasteiger partial charge in [-0.1, -0.05) is 6.58 Å². The Morgan fingerprint density at radius 1 is 1.67 bits per heavy atom. The minimum absolute atomic E-state index is 0.234. The molecular formula is C7H12N2O3. The molecule has 0 fully saturated rings. The standard InChI is InChI=1S/C7H12N2O3/c1-4(2)9-5(7(11)12)3-6(8)10/h5,9H,1,3H2,2H3,(H2,8,10)(H,11,12). The molecule has 0 aliphatic carbocycles. The summed E-state index contributed by atoms with van der Waals surface area (Å²) in [5, 5.41) is 11.1. The Hall–Kier alpha value is -1.52. The molecular weight excluding hydrogens is 160 g/mol. The van der Waals surface area contributed by atoms with E-state index in [0.717, 1.165) is 0 Å². The highest BCUT2D eigenvalue weighted by atomic mass is 16.4. The molecule has 0 aliphatic rings. The first kappa shape index (κ1) is 10.5. The van der Waals surface area contributed by atoms with Crippen LogP contribution in [0.1, 0.15) is 13.3 Å². The summed E-state index contributed by atoms with van der Waals surface area (Å²) in [5.74, 6) is -1.77. The van der Waals surface area contributed by atoms with E-state index in [0.29, 0.717) is 5.70 Å². The van der Waals surface area contributed by atoms with Gasteiger partial charge in [0.2, 0.25) is 5.91 Å². The monoisotopic (exact) mass is 172 g/mol. The molecule has 0 saturated carbocycles. The van der Waals surface area contributed by atoms with E-state index in [1.165, 1.54) is 0 Å². The van der Waals surface area contributed by atoms with Crippen LogP contribution >= 0.6 is 0 Å². The lowest BCUT2D eigenvalue weighted by Gasteiger charge is -2.12. The molecule has 0 aliphatic heterocycles. The summed E-state index contributed by atoms with van der Waals surface area (Å²) >= 11 is 0. The lowest BCUT2D eigenvalue weighted by atomic mass is 10.2. The molecule has 0 aromatic heterocycles. The van der Waals surface area contributed by atoms with E-state index in [1.54, 1.807) is 6.92 Å². The van der Waals surface area contributed by atoms with Crippen molar-refractivity contribution in [2.24, 2.45) is 5.73 Å².